The molecule has 0 aliphatic carbocycles. The van der Waals surface area contributed by atoms with Gasteiger partial charge in [0, 0.05) is 22.5 Å². The van der Waals surface area contributed by atoms with Gasteiger partial charge in [-0.05, 0) is 48.2 Å². The van der Waals surface area contributed by atoms with Gasteiger partial charge in [-0.2, -0.15) is 0 Å². The van der Waals surface area contributed by atoms with Crippen LogP contribution in [0.15, 0.2) is 103 Å². The fourth-order valence-corrected chi connectivity index (χ4v) is 7.38. The highest BCUT2D eigenvalue weighted by Crippen LogP contribution is 2.58. The van der Waals surface area contributed by atoms with Crippen molar-refractivity contribution in [2.45, 2.75) is 44.2 Å². The predicted octanol–water partition coefficient (Wildman–Crippen LogP) is 6.80. The molecule has 5 heteroatoms. The summed E-state index contributed by atoms with van der Waals surface area (Å²) in [4.78, 5) is 46.1. The van der Waals surface area contributed by atoms with Crippen LogP contribution in [0.25, 0.3) is 6.08 Å². The molecule has 0 aromatic heterocycles. The lowest BCUT2D eigenvalue weighted by atomic mass is 9.64. The summed E-state index contributed by atoms with van der Waals surface area (Å²) in [5.74, 6) is -1.58. The number of carbonyl (C=O) groups is 3. The molecule has 5 nitrogen and oxygen atoms in total. The number of aryl methyl sites for hydroxylation is 2. The predicted molar refractivity (Wildman–Crippen MR) is 166 cm³/mol. The van der Waals surface area contributed by atoms with Crippen LogP contribution in [-0.2, 0) is 16.6 Å². The highest BCUT2D eigenvalue weighted by Gasteiger charge is 2.70. The molecular weight excluding hydrogens is 520 g/mol. The number of anilines is 2. The fraction of sp³-hybridized carbons (Fsp3) is 0.216. The number of carbonyl (C=O) groups excluding carboxylic acids is 3. The smallest absolute Gasteiger partial charge is 0.238 e. The zero-order valence-electron chi connectivity index (χ0n) is 23.7. The molecule has 0 saturated carbocycles. The first kappa shape index (κ1) is 26.1. The number of hydrogen-bond donors (Lipinski definition) is 1. The first-order valence-electron chi connectivity index (χ1n) is 14.7. The van der Waals surface area contributed by atoms with Crippen LogP contribution in [0, 0.1) is 12.8 Å². The Morgan fingerprint density at radius 3 is 2.33 bits per heavy atom. The summed E-state index contributed by atoms with van der Waals surface area (Å²) >= 11 is 0. The Hall–Kier alpha value is -4.77. The first-order chi connectivity index (χ1) is 20.4. The summed E-state index contributed by atoms with van der Waals surface area (Å²) in [5.41, 5.74) is 5.25. The van der Waals surface area contributed by atoms with E-state index in [1.165, 1.54) is 0 Å². The van der Waals surface area contributed by atoms with Gasteiger partial charge in [0.05, 0.1) is 12.0 Å². The zero-order chi connectivity index (χ0) is 29.0. The van der Waals surface area contributed by atoms with Crippen LogP contribution in [-0.4, -0.2) is 29.6 Å². The first-order valence-corrected chi connectivity index (χ1v) is 14.7. The second-order valence-corrected chi connectivity index (χ2v) is 11.6. The summed E-state index contributed by atoms with van der Waals surface area (Å²) in [6.07, 6.45) is 5.98. The zero-order valence-corrected chi connectivity index (χ0v) is 23.7. The summed E-state index contributed by atoms with van der Waals surface area (Å²) in [6, 6.07) is 29.1. The molecule has 0 radical (unpaired) electrons. The quantitative estimate of drug-likeness (QED) is 0.267. The van der Waals surface area contributed by atoms with Crippen molar-refractivity contribution in [1.29, 1.82) is 0 Å². The highest BCUT2D eigenvalue weighted by atomic mass is 16.2. The van der Waals surface area contributed by atoms with Crippen molar-refractivity contribution in [3.05, 3.63) is 137 Å². The normalized spacial score (nSPS) is 23.3. The van der Waals surface area contributed by atoms with Crippen molar-refractivity contribution in [2.75, 3.05) is 10.2 Å². The summed E-state index contributed by atoms with van der Waals surface area (Å²) in [7, 11) is 0. The molecule has 7 rings (SSSR count). The Balaban J connectivity index is 1.50. The van der Waals surface area contributed by atoms with E-state index in [9.17, 15) is 14.4 Å². The topological polar surface area (TPSA) is 66.5 Å². The van der Waals surface area contributed by atoms with E-state index in [2.05, 4.69) is 23.2 Å². The molecule has 208 valence electrons. The maximum atomic E-state index is 14.9. The largest absolute Gasteiger partial charge is 0.352 e. The van der Waals surface area contributed by atoms with E-state index in [-0.39, 0.29) is 17.5 Å². The van der Waals surface area contributed by atoms with E-state index in [1.807, 2.05) is 97.9 Å². The number of rotatable bonds is 6. The molecule has 3 aliphatic rings. The van der Waals surface area contributed by atoms with Crippen molar-refractivity contribution in [3.63, 3.8) is 0 Å². The average molecular weight is 553 g/mol. The summed E-state index contributed by atoms with van der Waals surface area (Å²) in [5, 5.41) is 3.09. The number of ketones is 2. The van der Waals surface area contributed by atoms with Gasteiger partial charge in [-0.1, -0.05) is 110 Å². The van der Waals surface area contributed by atoms with E-state index < -0.39 is 23.4 Å². The van der Waals surface area contributed by atoms with Gasteiger partial charge in [-0.15, -0.1) is 0 Å². The van der Waals surface area contributed by atoms with Gasteiger partial charge < -0.3 is 10.2 Å². The van der Waals surface area contributed by atoms with E-state index in [0.29, 0.717) is 16.8 Å². The SMILES string of the molecule is CCCc1ccc(C(=O)[C@@H]2[C@@H](C(=O)c3ccccc3)N3c4ccc(C)cc4C=C[C@@H]3[C@@]23C(=O)Nc2ccccc23)cc1. The Kier molecular flexibility index (Phi) is 6.19. The van der Waals surface area contributed by atoms with Crippen LogP contribution in [0.2, 0.25) is 0 Å². The molecule has 1 saturated heterocycles. The van der Waals surface area contributed by atoms with Crippen molar-refractivity contribution in [1.82, 2.24) is 0 Å². The monoisotopic (exact) mass is 552 g/mol. The van der Waals surface area contributed by atoms with Crippen molar-refractivity contribution >= 4 is 34.9 Å². The molecule has 4 atom stereocenters. The van der Waals surface area contributed by atoms with Crippen LogP contribution >= 0.6 is 0 Å². The fourth-order valence-electron chi connectivity index (χ4n) is 7.38. The number of para-hydroxylation sites is 1. The van der Waals surface area contributed by atoms with Crippen molar-refractivity contribution in [3.8, 4) is 0 Å². The molecule has 4 aromatic carbocycles. The van der Waals surface area contributed by atoms with Crippen LogP contribution in [0.1, 0.15) is 56.3 Å². The lowest BCUT2D eigenvalue weighted by Gasteiger charge is -2.37. The summed E-state index contributed by atoms with van der Waals surface area (Å²) < 4.78 is 0. The van der Waals surface area contributed by atoms with E-state index in [4.69, 9.17) is 0 Å². The van der Waals surface area contributed by atoms with E-state index in [0.717, 1.165) is 40.8 Å². The molecule has 3 heterocycles. The lowest BCUT2D eigenvalue weighted by Crippen LogP contribution is -2.51. The van der Waals surface area contributed by atoms with Gasteiger partial charge in [0.1, 0.15) is 11.5 Å². The lowest BCUT2D eigenvalue weighted by molar-refractivity contribution is -0.121. The number of nitrogens with zero attached hydrogens (tertiary/aromatic N) is 1. The molecule has 1 amide bonds. The third-order valence-corrected chi connectivity index (χ3v) is 9.17. The molecule has 3 aliphatic heterocycles. The molecule has 1 N–H and O–H groups in total. The molecule has 0 unspecified atom stereocenters. The second kappa shape index (κ2) is 9.95. The Morgan fingerprint density at radius 2 is 1.57 bits per heavy atom. The van der Waals surface area contributed by atoms with Crippen molar-refractivity contribution in [2.24, 2.45) is 5.92 Å². The number of benzene rings is 4. The maximum absolute atomic E-state index is 14.9. The van der Waals surface area contributed by atoms with Gasteiger partial charge in [0.25, 0.3) is 0 Å². The van der Waals surface area contributed by atoms with Gasteiger partial charge in [-0.25, -0.2) is 0 Å². The van der Waals surface area contributed by atoms with Gasteiger partial charge in [0.2, 0.25) is 5.91 Å². The number of amides is 1. The molecule has 4 aromatic rings. The molecular formula is C37H32N2O3. The Labute approximate surface area is 245 Å². The number of Topliss-reactive ketones (excluding diaryl/α,β-unsaturated/α-hetero) is 2. The van der Waals surface area contributed by atoms with Crippen LogP contribution in [0.3, 0.4) is 0 Å². The maximum Gasteiger partial charge on any atom is 0.238 e. The molecule has 42 heavy (non-hydrogen) atoms. The molecule has 1 spiro atoms. The average Bonchev–Trinajstić information content (AvgIpc) is 3.49. The van der Waals surface area contributed by atoms with Gasteiger partial charge >= 0.3 is 0 Å². The van der Waals surface area contributed by atoms with E-state index >= 15 is 0 Å². The van der Waals surface area contributed by atoms with Crippen molar-refractivity contribution < 1.29 is 14.4 Å². The third-order valence-electron chi connectivity index (χ3n) is 9.17. The number of fused-ring (bicyclic) bond motifs is 6. The number of nitrogens with one attached hydrogen (secondary N) is 1. The Bertz CT molecular complexity index is 1760. The summed E-state index contributed by atoms with van der Waals surface area (Å²) in [6.45, 7) is 4.16. The molecule has 0 bridgehead atoms. The third kappa shape index (κ3) is 3.73. The minimum absolute atomic E-state index is 0.169. The minimum atomic E-state index is -1.30. The number of hydrogen-bond acceptors (Lipinski definition) is 4. The van der Waals surface area contributed by atoms with Crippen LogP contribution in [0.5, 0.6) is 0 Å². The van der Waals surface area contributed by atoms with Gasteiger partial charge in [0.15, 0.2) is 11.6 Å². The van der Waals surface area contributed by atoms with Crippen LogP contribution in [0.4, 0.5) is 11.4 Å². The Morgan fingerprint density at radius 1 is 0.857 bits per heavy atom. The highest BCUT2D eigenvalue weighted by molar-refractivity contribution is 6.18. The second-order valence-electron chi connectivity index (χ2n) is 11.6. The van der Waals surface area contributed by atoms with E-state index in [1.54, 1.807) is 12.1 Å². The van der Waals surface area contributed by atoms with Gasteiger partial charge in [-0.3, -0.25) is 14.4 Å². The van der Waals surface area contributed by atoms with Crippen LogP contribution < -0.4 is 10.2 Å². The minimum Gasteiger partial charge on any atom is -0.352 e. The molecule has 1 fully saturated rings. The standard InChI is InChI=1S/C37H32N2O3/c1-3-9-24-15-17-26(18-16-24)34(40)32-33(35(41)25-10-5-4-6-11-25)39-30-20-14-23(2)22-27(30)19-21-31(39)37(32)28-12-7-8-13-29(28)38-36(37)42/h4-8,10-22,31-33H,3,9H2,1-2H3,(H,38,42)/t31-,32+,33+,37-/m1/s1.